The molecule has 2 nitrogen and oxygen atoms in total. The molecule has 4 aliphatic carbocycles. The van der Waals surface area contributed by atoms with Gasteiger partial charge in [0.25, 0.3) is 0 Å². The summed E-state index contributed by atoms with van der Waals surface area (Å²) < 4.78 is 5.08. The topological polar surface area (TPSA) is 25.8 Å². The van der Waals surface area contributed by atoms with Crippen LogP contribution in [0.5, 0.6) is 0 Å². The molecule has 3 heterocycles. The second-order valence-electron chi connectivity index (χ2n) is 27.6. The number of fused-ring (bicyclic) bond motifs is 32. The third-order valence-corrected chi connectivity index (χ3v) is 25.5. The molecule has 2 spiro atoms. The standard InChI is InChI=1S/C96H54N2S2/c1-3-29-74-64(21-1)65-22-2-4-30-75(65)90-89(74)97-54-88(98-90)59-50-57(62-33-19-37-78-76-35-17-31-60(91(76)99-93(62)78)55-45-47-72-70-27-9-15-43-84(70)95(86(72)52-55)80-39-11-5-23-66(80)67-24-6-12-40-81(67)95)49-58(51-59)63-34-20-38-79-77-36-18-32-61(92(77)100-94(63)79)56-46-48-73-71-28-10-16-44-85(71)96(87(73)53-56)82-41-13-7-25-68(82)69-26-8-14-42-83(69)96/h1-54H. The van der Waals surface area contributed by atoms with Gasteiger partial charge in [0.1, 0.15) is 0 Å². The van der Waals surface area contributed by atoms with Gasteiger partial charge in [0, 0.05) is 56.7 Å². The van der Waals surface area contributed by atoms with Crippen LogP contribution in [0.4, 0.5) is 0 Å². The van der Waals surface area contributed by atoms with Crippen molar-refractivity contribution in [3.8, 4) is 100 Å². The van der Waals surface area contributed by atoms with E-state index in [4.69, 9.17) is 9.97 Å². The molecule has 16 aromatic carbocycles. The molecular formula is C96H54N2S2. The Bertz CT molecular complexity index is 6390. The van der Waals surface area contributed by atoms with E-state index in [1.807, 2.05) is 28.9 Å². The lowest BCUT2D eigenvalue weighted by Crippen LogP contribution is -2.25. The Balaban J connectivity index is 0.717. The van der Waals surface area contributed by atoms with E-state index >= 15 is 0 Å². The van der Waals surface area contributed by atoms with Crippen LogP contribution in [0.25, 0.3) is 173 Å². The lowest BCUT2D eigenvalue weighted by Gasteiger charge is -2.30. The summed E-state index contributed by atoms with van der Waals surface area (Å²) in [5.41, 5.74) is 33.7. The zero-order valence-corrected chi connectivity index (χ0v) is 55.5. The average molecular weight is 1300 g/mol. The molecule has 4 aliphatic rings. The van der Waals surface area contributed by atoms with Crippen molar-refractivity contribution in [1.82, 2.24) is 9.97 Å². The highest BCUT2D eigenvalue weighted by atomic mass is 32.1. The molecule has 0 unspecified atom stereocenters. The number of thiophene rings is 2. The Labute approximate surface area is 584 Å². The number of aromatic nitrogens is 2. The maximum absolute atomic E-state index is 5.70. The summed E-state index contributed by atoms with van der Waals surface area (Å²) in [6.45, 7) is 0. The van der Waals surface area contributed by atoms with Crippen LogP contribution >= 0.6 is 22.7 Å². The van der Waals surface area contributed by atoms with Crippen LogP contribution in [0.1, 0.15) is 44.5 Å². The molecule has 0 N–H and O–H groups in total. The fourth-order valence-electron chi connectivity index (χ4n) is 18.9. The molecule has 0 fully saturated rings. The van der Waals surface area contributed by atoms with Crippen molar-refractivity contribution in [3.63, 3.8) is 0 Å². The number of benzene rings is 16. The molecular weight excluding hydrogens is 1250 g/mol. The van der Waals surface area contributed by atoms with Crippen LogP contribution in [-0.2, 0) is 10.8 Å². The maximum atomic E-state index is 5.70. The zero-order chi connectivity index (χ0) is 65.1. The zero-order valence-electron chi connectivity index (χ0n) is 53.9. The van der Waals surface area contributed by atoms with Crippen molar-refractivity contribution in [1.29, 1.82) is 0 Å². The molecule has 23 rings (SSSR count). The van der Waals surface area contributed by atoms with Gasteiger partial charge in [0.15, 0.2) is 0 Å². The van der Waals surface area contributed by atoms with Crippen molar-refractivity contribution in [2.45, 2.75) is 10.8 Å². The maximum Gasteiger partial charge on any atom is 0.0979 e. The number of rotatable bonds is 5. The summed E-state index contributed by atoms with van der Waals surface area (Å²) in [5.74, 6) is 0. The van der Waals surface area contributed by atoms with E-state index in [1.165, 1.54) is 174 Å². The highest BCUT2D eigenvalue weighted by molar-refractivity contribution is 7.27. The largest absolute Gasteiger partial charge is 0.252 e. The molecule has 0 saturated carbocycles. The molecule has 0 amide bonds. The smallest absolute Gasteiger partial charge is 0.0979 e. The van der Waals surface area contributed by atoms with Gasteiger partial charge in [-0.3, -0.25) is 4.98 Å². The highest BCUT2D eigenvalue weighted by Crippen LogP contribution is 2.65. The number of hydrogen-bond donors (Lipinski definition) is 0. The van der Waals surface area contributed by atoms with Gasteiger partial charge in [0.05, 0.1) is 33.8 Å². The van der Waals surface area contributed by atoms with Gasteiger partial charge >= 0.3 is 0 Å². The first kappa shape index (κ1) is 54.9. The molecule has 100 heavy (non-hydrogen) atoms. The van der Waals surface area contributed by atoms with Crippen molar-refractivity contribution in [2.75, 3.05) is 0 Å². The van der Waals surface area contributed by atoms with Crippen LogP contribution in [0.2, 0.25) is 0 Å². The fraction of sp³-hybridized carbons (Fsp3) is 0.0208. The third kappa shape index (κ3) is 7.10. The molecule has 0 atom stereocenters. The second-order valence-corrected chi connectivity index (χ2v) is 29.6. The molecule has 460 valence electrons. The number of hydrogen-bond acceptors (Lipinski definition) is 4. The first-order valence-corrected chi connectivity index (χ1v) is 36.2. The van der Waals surface area contributed by atoms with E-state index in [-0.39, 0.29) is 0 Å². The lowest BCUT2D eigenvalue weighted by atomic mass is 9.70. The Morgan fingerprint density at radius 3 is 0.850 bits per heavy atom. The summed E-state index contributed by atoms with van der Waals surface area (Å²) in [5, 5.41) is 9.59. The summed E-state index contributed by atoms with van der Waals surface area (Å²) in [6, 6.07) is 122. The van der Waals surface area contributed by atoms with Gasteiger partial charge in [-0.1, -0.05) is 291 Å². The Morgan fingerprint density at radius 1 is 0.200 bits per heavy atom. The monoisotopic (exact) mass is 1300 g/mol. The number of nitrogens with zero attached hydrogens (tertiary/aromatic N) is 2. The predicted molar refractivity (Wildman–Crippen MR) is 420 cm³/mol. The average Bonchev–Trinajstić information content (AvgIpc) is 1.51. The molecule has 0 aliphatic heterocycles. The van der Waals surface area contributed by atoms with Crippen LogP contribution in [-0.4, -0.2) is 9.97 Å². The normalized spacial score (nSPS) is 13.8. The van der Waals surface area contributed by atoms with Gasteiger partial charge in [-0.15, -0.1) is 22.7 Å². The Morgan fingerprint density at radius 2 is 0.480 bits per heavy atom. The van der Waals surface area contributed by atoms with Crippen molar-refractivity contribution in [2.24, 2.45) is 0 Å². The van der Waals surface area contributed by atoms with Crippen LogP contribution in [0.15, 0.2) is 328 Å². The van der Waals surface area contributed by atoms with Crippen LogP contribution in [0.3, 0.4) is 0 Å². The molecule has 3 aromatic heterocycles. The van der Waals surface area contributed by atoms with E-state index in [1.54, 1.807) is 0 Å². The second kappa shape index (κ2) is 20.2. The summed E-state index contributed by atoms with van der Waals surface area (Å²) in [6.07, 6.45) is 2.01. The first-order valence-electron chi connectivity index (χ1n) is 34.6. The minimum atomic E-state index is -0.436. The summed E-state index contributed by atoms with van der Waals surface area (Å²) in [4.78, 5) is 11.1. The first-order chi connectivity index (χ1) is 49.6. The third-order valence-electron chi connectivity index (χ3n) is 22.9. The van der Waals surface area contributed by atoms with Crippen LogP contribution in [0, 0.1) is 0 Å². The molecule has 0 radical (unpaired) electrons. The Kier molecular flexibility index (Phi) is 11.1. The lowest BCUT2D eigenvalue weighted by molar-refractivity contribution is 0.794. The van der Waals surface area contributed by atoms with Crippen molar-refractivity contribution >= 4 is 95.6 Å². The van der Waals surface area contributed by atoms with Gasteiger partial charge < -0.3 is 0 Å². The predicted octanol–water partition coefficient (Wildman–Crippen LogP) is 25.7. The molecule has 19 aromatic rings. The van der Waals surface area contributed by atoms with Gasteiger partial charge in [0.2, 0.25) is 0 Å². The fourth-order valence-corrected chi connectivity index (χ4v) is 21.7. The SMILES string of the molecule is c1ccc2c(c1)-c1ccccc1C21c2ccccc2-c2ccc(-c3cccc4c3sc3c(-c5cc(-c6cnc7c8ccccc8c8ccccc8c7n6)cc(-c6cccc7c6sc6c(-c8ccc9c(c8)C8(c%10ccccc%10-c%10ccccc%108)c8ccccc8-9)cccc67)c5)cccc34)cc21. The minimum absolute atomic E-state index is 0.436. The quantitative estimate of drug-likeness (QED) is 0.161. The van der Waals surface area contributed by atoms with E-state index in [9.17, 15) is 0 Å². The molecule has 4 heteroatoms. The molecule has 0 saturated heterocycles. The van der Waals surface area contributed by atoms with Gasteiger partial charge in [-0.05, 0) is 175 Å². The Hall–Kier alpha value is -12.2. The van der Waals surface area contributed by atoms with Gasteiger partial charge in [-0.25, -0.2) is 4.98 Å². The summed E-state index contributed by atoms with van der Waals surface area (Å²) in [7, 11) is 0. The minimum Gasteiger partial charge on any atom is -0.252 e. The van der Waals surface area contributed by atoms with E-state index in [0.717, 1.165) is 44.2 Å². The van der Waals surface area contributed by atoms with Crippen molar-refractivity contribution < 1.29 is 0 Å². The molecule has 0 bridgehead atoms. The van der Waals surface area contributed by atoms with E-state index in [2.05, 4.69) is 322 Å². The summed E-state index contributed by atoms with van der Waals surface area (Å²) >= 11 is 3.83. The van der Waals surface area contributed by atoms with Crippen LogP contribution < -0.4 is 0 Å². The highest BCUT2D eigenvalue weighted by Gasteiger charge is 2.53. The van der Waals surface area contributed by atoms with Crippen molar-refractivity contribution in [3.05, 3.63) is 372 Å². The van der Waals surface area contributed by atoms with E-state index < -0.39 is 10.8 Å². The van der Waals surface area contributed by atoms with E-state index in [0.29, 0.717) is 0 Å². The van der Waals surface area contributed by atoms with Gasteiger partial charge in [-0.2, -0.15) is 0 Å².